The van der Waals surface area contributed by atoms with E-state index in [9.17, 15) is 14.7 Å². The molecule has 4 rings (SSSR count). The number of nitrogens with zero attached hydrogens (tertiary/aromatic N) is 1. The molecule has 1 fully saturated rings. The summed E-state index contributed by atoms with van der Waals surface area (Å²) in [6, 6.07) is 7.26. The van der Waals surface area contributed by atoms with Gasteiger partial charge < -0.3 is 10.4 Å². The molecular formula is C19H21N3O3. The van der Waals surface area contributed by atoms with Crippen LogP contribution >= 0.6 is 0 Å². The molecule has 0 spiro atoms. The number of benzene rings is 1. The van der Waals surface area contributed by atoms with Gasteiger partial charge in [0.05, 0.1) is 23.4 Å². The van der Waals surface area contributed by atoms with Crippen LogP contribution in [-0.2, 0) is 11.2 Å². The Bertz CT molecular complexity index is 808. The second kappa shape index (κ2) is 6.35. The first-order valence-electron chi connectivity index (χ1n) is 8.78. The highest BCUT2D eigenvalue weighted by Crippen LogP contribution is 2.39. The minimum absolute atomic E-state index is 0.0557. The fourth-order valence-corrected chi connectivity index (χ4v) is 4.06. The van der Waals surface area contributed by atoms with Gasteiger partial charge in [-0.3, -0.25) is 9.89 Å². The highest BCUT2D eigenvalue weighted by Gasteiger charge is 2.36. The Morgan fingerprint density at radius 3 is 2.84 bits per heavy atom. The molecular weight excluding hydrogens is 318 g/mol. The average Bonchev–Trinajstić information content (AvgIpc) is 3.06. The van der Waals surface area contributed by atoms with E-state index in [1.54, 1.807) is 12.1 Å². The number of carbonyl (C=O) groups excluding carboxylic acids is 1. The number of aromatic nitrogens is 2. The zero-order valence-electron chi connectivity index (χ0n) is 13.9. The number of carbonyl (C=O) groups is 2. The van der Waals surface area contributed by atoms with Crippen molar-refractivity contribution < 1.29 is 14.7 Å². The lowest BCUT2D eigenvalue weighted by molar-refractivity contribution is -0.124. The van der Waals surface area contributed by atoms with Crippen molar-refractivity contribution in [2.45, 2.75) is 50.0 Å². The number of amides is 1. The van der Waals surface area contributed by atoms with E-state index >= 15 is 0 Å². The summed E-state index contributed by atoms with van der Waals surface area (Å²) >= 11 is 0. The molecule has 130 valence electrons. The fraction of sp³-hybridized carbons (Fsp3) is 0.421. The zero-order chi connectivity index (χ0) is 17.4. The van der Waals surface area contributed by atoms with Crippen molar-refractivity contribution >= 4 is 11.9 Å². The van der Waals surface area contributed by atoms with E-state index in [1.807, 2.05) is 18.3 Å². The number of aromatic amines is 1. The lowest BCUT2D eigenvalue weighted by atomic mass is 9.74. The number of rotatable bonds is 4. The number of fused-ring (bicyclic) bond motifs is 1. The monoisotopic (exact) mass is 339 g/mol. The van der Waals surface area contributed by atoms with Crippen LogP contribution in [0.4, 0.5) is 0 Å². The Hall–Kier alpha value is -2.63. The maximum absolute atomic E-state index is 12.6. The largest absolute Gasteiger partial charge is 0.478 e. The fourth-order valence-electron chi connectivity index (χ4n) is 4.06. The smallest absolute Gasteiger partial charge is 0.335 e. The van der Waals surface area contributed by atoms with Gasteiger partial charge in [-0.1, -0.05) is 18.2 Å². The molecule has 25 heavy (non-hydrogen) atoms. The summed E-state index contributed by atoms with van der Waals surface area (Å²) in [7, 11) is 0. The van der Waals surface area contributed by atoms with E-state index in [4.69, 9.17) is 0 Å². The molecule has 2 aromatic rings. The van der Waals surface area contributed by atoms with Crippen molar-refractivity contribution in [1.82, 2.24) is 15.5 Å². The second-order valence-electron chi connectivity index (χ2n) is 7.02. The standard InChI is InChI=1S/C19H21N3O3/c23-18(16-7-3-4-11-10-20-22-17(11)16)21-13-8-12(9-13)14-5-1-2-6-15(14)19(24)25/h1-2,5-6,10,12-13,16H,3-4,7-9H2,(H,20,22)(H,21,23)(H,24,25). The molecule has 1 unspecified atom stereocenters. The summed E-state index contributed by atoms with van der Waals surface area (Å²) in [4.78, 5) is 24.0. The van der Waals surface area contributed by atoms with Crippen molar-refractivity contribution in [1.29, 1.82) is 0 Å². The van der Waals surface area contributed by atoms with Crippen LogP contribution in [0.2, 0.25) is 0 Å². The number of aryl methyl sites for hydroxylation is 1. The van der Waals surface area contributed by atoms with E-state index in [2.05, 4.69) is 15.5 Å². The van der Waals surface area contributed by atoms with Crippen molar-refractivity contribution in [3.63, 3.8) is 0 Å². The summed E-state index contributed by atoms with van der Waals surface area (Å²) in [5, 5.41) is 19.5. The number of hydrogen-bond donors (Lipinski definition) is 3. The third-order valence-electron chi connectivity index (χ3n) is 5.47. The SMILES string of the molecule is O=C(O)c1ccccc1C1CC(NC(=O)C2CCCc3cn[nH]c32)C1. The minimum atomic E-state index is -0.892. The third-order valence-corrected chi connectivity index (χ3v) is 5.47. The molecule has 0 saturated heterocycles. The van der Waals surface area contributed by atoms with E-state index in [0.717, 1.165) is 48.9 Å². The summed E-state index contributed by atoms with van der Waals surface area (Å²) in [6.07, 6.45) is 6.23. The number of hydrogen-bond acceptors (Lipinski definition) is 3. The molecule has 2 aliphatic rings. The van der Waals surface area contributed by atoms with Gasteiger partial charge in [0.1, 0.15) is 0 Å². The Kier molecular flexibility index (Phi) is 4.03. The van der Waals surface area contributed by atoms with Gasteiger partial charge in [0.25, 0.3) is 0 Å². The maximum atomic E-state index is 12.6. The molecule has 1 amide bonds. The quantitative estimate of drug-likeness (QED) is 0.798. The van der Waals surface area contributed by atoms with Crippen molar-refractivity contribution in [2.75, 3.05) is 0 Å². The number of H-pyrrole nitrogens is 1. The molecule has 1 saturated carbocycles. The van der Waals surface area contributed by atoms with E-state index in [0.29, 0.717) is 5.56 Å². The Balaban J connectivity index is 1.38. The first-order chi connectivity index (χ1) is 12.1. The van der Waals surface area contributed by atoms with Gasteiger partial charge in [-0.05, 0) is 55.2 Å². The molecule has 6 heteroatoms. The molecule has 6 nitrogen and oxygen atoms in total. The molecule has 0 aliphatic heterocycles. The Morgan fingerprint density at radius 1 is 1.24 bits per heavy atom. The lowest BCUT2D eigenvalue weighted by Crippen LogP contribution is -2.45. The van der Waals surface area contributed by atoms with Crippen LogP contribution in [0.15, 0.2) is 30.5 Å². The number of aromatic carboxylic acids is 1. The average molecular weight is 339 g/mol. The summed E-state index contributed by atoms with van der Waals surface area (Å²) < 4.78 is 0. The Morgan fingerprint density at radius 2 is 2.04 bits per heavy atom. The van der Waals surface area contributed by atoms with Gasteiger partial charge in [-0.15, -0.1) is 0 Å². The van der Waals surface area contributed by atoms with Crippen LogP contribution in [0.5, 0.6) is 0 Å². The highest BCUT2D eigenvalue weighted by molar-refractivity contribution is 5.89. The van der Waals surface area contributed by atoms with Crippen molar-refractivity contribution in [3.05, 3.63) is 52.8 Å². The first kappa shape index (κ1) is 15.9. The molecule has 1 aromatic heterocycles. The molecule has 0 radical (unpaired) electrons. The number of carboxylic acids is 1. The van der Waals surface area contributed by atoms with Crippen LogP contribution in [0.1, 0.15) is 64.7 Å². The van der Waals surface area contributed by atoms with Crippen molar-refractivity contribution in [2.24, 2.45) is 0 Å². The van der Waals surface area contributed by atoms with Gasteiger partial charge in [-0.25, -0.2) is 4.79 Å². The molecule has 1 aromatic carbocycles. The van der Waals surface area contributed by atoms with Gasteiger partial charge in [-0.2, -0.15) is 5.10 Å². The first-order valence-corrected chi connectivity index (χ1v) is 8.78. The van der Waals surface area contributed by atoms with Gasteiger partial charge in [0.2, 0.25) is 5.91 Å². The topological polar surface area (TPSA) is 95.1 Å². The normalized spacial score (nSPS) is 24.9. The molecule has 2 aliphatic carbocycles. The van der Waals surface area contributed by atoms with E-state index in [-0.39, 0.29) is 23.8 Å². The van der Waals surface area contributed by atoms with Crippen molar-refractivity contribution in [3.8, 4) is 0 Å². The van der Waals surface area contributed by atoms with Gasteiger partial charge in [0.15, 0.2) is 0 Å². The summed E-state index contributed by atoms with van der Waals surface area (Å²) in [6.45, 7) is 0. The number of carboxylic acid groups (broad SMARTS) is 1. The van der Waals surface area contributed by atoms with Gasteiger partial charge in [0, 0.05) is 6.04 Å². The molecule has 3 N–H and O–H groups in total. The summed E-state index contributed by atoms with van der Waals surface area (Å²) in [5.41, 5.74) is 3.34. The Labute approximate surface area is 145 Å². The summed E-state index contributed by atoms with van der Waals surface area (Å²) in [5.74, 6) is -0.777. The van der Waals surface area contributed by atoms with Crippen LogP contribution in [-0.4, -0.2) is 33.2 Å². The lowest BCUT2D eigenvalue weighted by Gasteiger charge is -2.37. The van der Waals surface area contributed by atoms with E-state index in [1.165, 1.54) is 0 Å². The maximum Gasteiger partial charge on any atom is 0.335 e. The predicted octanol–water partition coefficient (Wildman–Crippen LogP) is 2.59. The molecule has 1 heterocycles. The molecule has 0 bridgehead atoms. The van der Waals surface area contributed by atoms with Crippen LogP contribution in [0.25, 0.3) is 0 Å². The zero-order valence-corrected chi connectivity index (χ0v) is 13.9. The molecule has 1 atom stereocenters. The predicted molar refractivity (Wildman–Crippen MR) is 91.6 cm³/mol. The van der Waals surface area contributed by atoms with E-state index < -0.39 is 5.97 Å². The minimum Gasteiger partial charge on any atom is -0.478 e. The van der Waals surface area contributed by atoms with Crippen LogP contribution in [0, 0.1) is 0 Å². The highest BCUT2D eigenvalue weighted by atomic mass is 16.4. The van der Waals surface area contributed by atoms with Crippen LogP contribution < -0.4 is 5.32 Å². The number of nitrogens with one attached hydrogen (secondary N) is 2. The second-order valence-corrected chi connectivity index (χ2v) is 7.02. The third kappa shape index (κ3) is 2.92. The van der Waals surface area contributed by atoms with Crippen LogP contribution in [0.3, 0.4) is 0 Å². The van der Waals surface area contributed by atoms with Gasteiger partial charge >= 0.3 is 5.97 Å².